The highest BCUT2D eigenvalue weighted by molar-refractivity contribution is 7.54. The Bertz CT molecular complexity index is 173. The molecule has 0 aromatic rings. The molecule has 0 amide bonds. The van der Waals surface area contributed by atoms with E-state index in [1.54, 1.807) is 0 Å². The first-order chi connectivity index (χ1) is 5.08. The van der Waals surface area contributed by atoms with Crippen molar-refractivity contribution in [3.05, 3.63) is 0 Å². The molecule has 0 saturated carbocycles. The fraction of sp³-hybridized carbons (Fsp3) is 0.750. The lowest BCUT2D eigenvalue weighted by molar-refractivity contribution is -0.141. The van der Waals surface area contributed by atoms with Crippen molar-refractivity contribution in [2.24, 2.45) is 5.90 Å². The van der Waals surface area contributed by atoms with Crippen LogP contribution in [-0.4, -0.2) is 26.4 Å². The van der Waals surface area contributed by atoms with Crippen molar-refractivity contribution in [3.8, 4) is 0 Å². The maximum atomic E-state index is 11.1. The maximum absolute atomic E-state index is 11.1. The van der Waals surface area contributed by atoms with E-state index < -0.39 is 19.7 Å². The third-order valence-corrected chi connectivity index (χ3v) is 2.77. The average molecular weight is 183 g/mol. The zero-order valence-electron chi connectivity index (χ0n) is 6.27. The van der Waals surface area contributed by atoms with Gasteiger partial charge >= 0.3 is 13.6 Å². The van der Waals surface area contributed by atoms with Crippen LogP contribution in [0, 0.1) is 0 Å². The smallest absolute Gasteiger partial charge is 0.341 e. The molecule has 0 aromatic carbocycles. The van der Waals surface area contributed by atoms with Crippen LogP contribution in [0.25, 0.3) is 0 Å². The quantitative estimate of drug-likeness (QED) is 0.483. The standard InChI is InChI=1S/C4H10NO5P/c1-8-11(7,9-2)3-4(6)10-5/h3,5H2,1-2H3. The molecule has 0 unspecified atom stereocenters. The van der Waals surface area contributed by atoms with Gasteiger partial charge in [-0.3, -0.25) is 4.57 Å². The molecule has 0 atom stereocenters. The zero-order chi connectivity index (χ0) is 8.91. The largest absolute Gasteiger partial charge is 0.373 e. The normalized spacial score (nSPS) is 11.2. The van der Waals surface area contributed by atoms with Crippen molar-refractivity contribution in [1.29, 1.82) is 0 Å². The summed E-state index contributed by atoms with van der Waals surface area (Å²) in [5, 5.41) is 0. The maximum Gasteiger partial charge on any atom is 0.341 e. The van der Waals surface area contributed by atoms with E-state index in [4.69, 9.17) is 0 Å². The molecule has 66 valence electrons. The van der Waals surface area contributed by atoms with E-state index in [0.717, 1.165) is 0 Å². The summed E-state index contributed by atoms with van der Waals surface area (Å²) in [5.74, 6) is 3.67. The van der Waals surface area contributed by atoms with Crippen LogP contribution in [-0.2, 0) is 23.2 Å². The third kappa shape index (κ3) is 3.48. The molecule has 0 spiro atoms. The van der Waals surface area contributed by atoms with E-state index in [9.17, 15) is 9.36 Å². The first-order valence-electron chi connectivity index (χ1n) is 2.68. The average Bonchev–Trinajstić information content (AvgIpc) is 2.04. The zero-order valence-corrected chi connectivity index (χ0v) is 7.17. The summed E-state index contributed by atoms with van der Waals surface area (Å²) in [6.07, 6.45) is -0.476. The molecule has 7 heteroatoms. The minimum atomic E-state index is -3.31. The Morgan fingerprint density at radius 3 is 2.18 bits per heavy atom. The summed E-state index contributed by atoms with van der Waals surface area (Å²) in [5.41, 5.74) is 0. The van der Waals surface area contributed by atoms with E-state index in [1.165, 1.54) is 14.2 Å². The number of nitrogens with two attached hydrogens (primary N) is 1. The number of rotatable bonds is 4. The van der Waals surface area contributed by atoms with Crippen molar-refractivity contribution < 1.29 is 23.2 Å². The molecular weight excluding hydrogens is 173 g/mol. The van der Waals surface area contributed by atoms with E-state index in [-0.39, 0.29) is 0 Å². The van der Waals surface area contributed by atoms with Crippen molar-refractivity contribution >= 4 is 13.6 Å². The highest BCUT2D eigenvalue weighted by atomic mass is 31.2. The Hall–Kier alpha value is -0.420. The fourth-order valence-corrected chi connectivity index (χ4v) is 1.20. The molecule has 0 saturated heterocycles. The number of hydrogen-bond donors (Lipinski definition) is 1. The molecule has 11 heavy (non-hydrogen) atoms. The minimum Gasteiger partial charge on any atom is -0.373 e. The second kappa shape index (κ2) is 4.46. The molecule has 0 fully saturated rings. The van der Waals surface area contributed by atoms with Gasteiger partial charge in [-0.15, -0.1) is 0 Å². The van der Waals surface area contributed by atoms with Crippen LogP contribution in [0.15, 0.2) is 0 Å². The summed E-state index contributed by atoms with van der Waals surface area (Å²) in [7, 11) is -0.959. The summed E-state index contributed by atoms with van der Waals surface area (Å²) in [6, 6.07) is 0. The van der Waals surface area contributed by atoms with Gasteiger partial charge in [0.1, 0.15) is 6.16 Å². The van der Waals surface area contributed by atoms with Crippen LogP contribution in [0.5, 0.6) is 0 Å². The molecule has 2 N–H and O–H groups in total. The van der Waals surface area contributed by atoms with Crippen LogP contribution < -0.4 is 5.90 Å². The van der Waals surface area contributed by atoms with E-state index in [1.807, 2.05) is 0 Å². The number of hydrogen-bond acceptors (Lipinski definition) is 6. The Balaban J connectivity index is 4.09. The van der Waals surface area contributed by atoms with Gasteiger partial charge < -0.3 is 13.9 Å². The van der Waals surface area contributed by atoms with Crippen LogP contribution in [0.2, 0.25) is 0 Å². The van der Waals surface area contributed by atoms with Gasteiger partial charge in [-0.05, 0) is 0 Å². The molecule has 0 aliphatic heterocycles. The molecule has 0 rings (SSSR count). The fourth-order valence-electron chi connectivity index (χ4n) is 0.399. The monoisotopic (exact) mass is 183 g/mol. The summed E-state index contributed by atoms with van der Waals surface area (Å²) >= 11 is 0. The molecule has 0 aromatic heterocycles. The highest BCUT2D eigenvalue weighted by Gasteiger charge is 2.26. The van der Waals surface area contributed by atoms with Crippen LogP contribution in [0.4, 0.5) is 0 Å². The summed E-state index contributed by atoms with van der Waals surface area (Å²) < 4.78 is 20.0. The Kier molecular flexibility index (Phi) is 4.29. The summed E-state index contributed by atoms with van der Waals surface area (Å²) in [6.45, 7) is 0. The molecule has 0 aliphatic rings. The van der Waals surface area contributed by atoms with E-state index in [0.29, 0.717) is 0 Å². The molecule has 0 radical (unpaired) electrons. The third-order valence-electron chi connectivity index (χ3n) is 1.01. The van der Waals surface area contributed by atoms with Crippen molar-refractivity contribution in [2.45, 2.75) is 0 Å². The van der Waals surface area contributed by atoms with Gasteiger partial charge in [-0.1, -0.05) is 0 Å². The minimum absolute atomic E-state index is 0.476. The lowest BCUT2D eigenvalue weighted by Gasteiger charge is -2.10. The first kappa shape index (κ1) is 10.6. The molecule has 6 nitrogen and oxygen atoms in total. The van der Waals surface area contributed by atoms with Gasteiger partial charge in [-0.2, -0.15) is 5.90 Å². The Morgan fingerprint density at radius 1 is 1.45 bits per heavy atom. The Morgan fingerprint density at radius 2 is 1.91 bits per heavy atom. The number of carbonyl (C=O) groups is 1. The van der Waals surface area contributed by atoms with Gasteiger partial charge in [0.2, 0.25) is 0 Å². The van der Waals surface area contributed by atoms with Gasteiger partial charge in [0.15, 0.2) is 0 Å². The number of carbonyl (C=O) groups excluding carboxylic acids is 1. The van der Waals surface area contributed by atoms with Crippen LogP contribution in [0.1, 0.15) is 0 Å². The molecule has 0 heterocycles. The van der Waals surface area contributed by atoms with Gasteiger partial charge in [0.05, 0.1) is 0 Å². The van der Waals surface area contributed by atoms with Crippen molar-refractivity contribution in [2.75, 3.05) is 20.4 Å². The first-order valence-corrected chi connectivity index (χ1v) is 4.41. The predicted octanol–water partition coefficient (Wildman–Crippen LogP) is -0.111. The lowest BCUT2D eigenvalue weighted by Crippen LogP contribution is -2.15. The van der Waals surface area contributed by atoms with E-state index >= 15 is 0 Å². The SMILES string of the molecule is COP(=O)(CC(=O)ON)OC. The summed E-state index contributed by atoms with van der Waals surface area (Å²) in [4.78, 5) is 14.2. The van der Waals surface area contributed by atoms with Crippen LogP contribution in [0.3, 0.4) is 0 Å². The van der Waals surface area contributed by atoms with Crippen molar-refractivity contribution in [3.63, 3.8) is 0 Å². The Labute approximate surface area is 64.1 Å². The van der Waals surface area contributed by atoms with Gasteiger partial charge in [0.25, 0.3) is 0 Å². The van der Waals surface area contributed by atoms with E-state index in [2.05, 4.69) is 19.8 Å². The van der Waals surface area contributed by atoms with Gasteiger partial charge in [0, 0.05) is 14.2 Å². The topological polar surface area (TPSA) is 87.9 Å². The molecule has 0 aliphatic carbocycles. The predicted molar refractivity (Wildman–Crippen MR) is 36.8 cm³/mol. The highest BCUT2D eigenvalue weighted by Crippen LogP contribution is 2.45. The van der Waals surface area contributed by atoms with Gasteiger partial charge in [-0.25, -0.2) is 4.79 Å². The van der Waals surface area contributed by atoms with Crippen molar-refractivity contribution in [1.82, 2.24) is 0 Å². The van der Waals surface area contributed by atoms with Crippen LogP contribution >= 0.6 is 7.60 Å². The molecule has 0 bridgehead atoms. The lowest BCUT2D eigenvalue weighted by atomic mass is 10.8. The molecular formula is C4H10NO5P. The second-order valence-electron chi connectivity index (χ2n) is 1.62. The second-order valence-corrected chi connectivity index (χ2v) is 3.89.